The van der Waals surface area contributed by atoms with E-state index in [4.69, 9.17) is 0 Å². The lowest BCUT2D eigenvalue weighted by Crippen LogP contribution is -2.46. The summed E-state index contributed by atoms with van der Waals surface area (Å²) in [4.78, 5) is 26.7. The van der Waals surface area contributed by atoms with Gasteiger partial charge in [-0.3, -0.25) is 9.59 Å². The number of hydrogen-bond acceptors (Lipinski definition) is 5. The van der Waals surface area contributed by atoms with Crippen molar-refractivity contribution >= 4 is 39.3 Å². The second-order valence-electron chi connectivity index (χ2n) is 7.31. The Morgan fingerprint density at radius 1 is 1.16 bits per heavy atom. The van der Waals surface area contributed by atoms with Gasteiger partial charge in [0.15, 0.2) is 0 Å². The van der Waals surface area contributed by atoms with Crippen LogP contribution in [-0.2, 0) is 26.2 Å². The molecule has 0 aliphatic carbocycles. The third kappa shape index (κ3) is 6.32. The fourth-order valence-corrected chi connectivity index (χ4v) is 5.12. The number of nitrogens with one attached hydrogen (secondary N) is 2. The molecule has 0 radical (unpaired) electrons. The molecule has 2 N–H and O–H groups in total. The van der Waals surface area contributed by atoms with Crippen molar-refractivity contribution in [1.82, 2.24) is 10.0 Å². The molecule has 1 saturated heterocycles. The van der Waals surface area contributed by atoms with Gasteiger partial charge in [0.25, 0.3) is 0 Å². The Hall–Kier alpha value is -2.36. The molecular formula is C22H27N3O4S2. The first-order valence-corrected chi connectivity index (χ1v) is 13.0. The summed E-state index contributed by atoms with van der Waals surface area (Å²) in [5.74, 6) is 0.368. The van der Waals surface area contributed by atoms with Gasteiger partial charge in [-0.1, -0.05) is 30.3 Å². The lowest BCUT2D eigenvalue weighted by molar-refractivity contribution is -0.123. The Kier molecular flexibility index (Phi) is 8.11. The highest BCUT2D eigenvalue weighted by Crippen LogP contribution is 2.22. The van der Waals surface area contributed by atoms with Crippen molar-refractivity contribution in [1.29, 1.82) is 0 Å². The number of nitrogens with zero attached hydrogens (tertiary/aromatic N) is 1. The maximum Gasteiger partial charge on any atom is 0.241 e. The maximum atomic E-state index is 12.8. The number of amides is 2. The Bertz CT molecular complexity index is 1010. The Morgan fingerprint density at radius 3 is 2.61 bits per heavy atom. The van der Waals surface area contributed by atoms with Crippen LogP contribution in [0.1, 0.15) is 24.8 Å². The predicted octanol–water partition coefficient (Wildman–Crippen LogP) is 2.53. The topological polar surface area (TPSA) is 95.6 Å². The summed E-state index contributed by atoms with van der Waals surface area (Å²) < 4.78 is 27.9. The van der Waals surface area contributed by atoms with Gasteiger partial charge in [0.1, 0.15) is 6.04 Å². The van der Waals surface area contributed by atoms with Crippen LogP contribution in [-0.4, -0.2) is 44.8 Å². The first-order valence-electron chi connectivity index (χ1n) is 10.1. The highest BCUT2D eigenvalue weighted by Gasteiger charge is 2.25. The molecule has 2 aromatic carbocycles. The molecule has 1 atom stereocenters. The number of hydrogen-bond donors (Lipinski definition) is 2. The minimum atomic E-state index is -3.81. The molecule has 166 valence electrons. The molecule has 9 heteroatoms. The van der Waals surface area contributed by atoms with Crippen LogP contribution in [0.2, 0.25) is 0 Å². The number of benzene rings is 2. The van der Waals surface area contributed by atoms with Crippen LogP contribution >= 0.6 is 11.8 Å². The summed E-state index contributed by atoms with van der Waals surface area (Å²) in [6.07, 6.45) is 3.69. The molecule has 1 fully saturated rings. The van der Waals surface area contributed by atoms with E-state index in [9.17, 15) is 18.0 Å². The van der Waals surface area contributed by atoms with Crippen LogP contribution < -0.4 is 14.9 Å². The number of thioether (sulfide) groups is 1. The van der Waals surface area contributed by atoms with Crippen molar-refractivity contribution in [3.8, 4) is 0 Å². The zero-order chi connectivity index (χ0) is 22.3. The molecule has 1 unspecified atom stereocenters. The molecule has 31 heavy (non-hydrogen) atoms. The SMILES string of the molecule is CSCCC(NS(=O)(=O)c1ccccc1)C(=O)NCc1cccc(N2CCCC2=O)c1. The fourth-order valence-electron chi connectivity index (χ4n) is 3.40. The summed E-state index contributed by atoms with van der Waals surface area (Å²) >= 11 is 1.55. The van der Waals surface area contributed by atoms with Crippen molar-refractivity contribution in [3.63, 3.8) is 0 Å². The molecular weight excluding hydrogens is 434 g/mol. The van der Waals surface area contributed by atoms with E-state index < -0.39 is 16.1 Å². The van der Waals surface area contributed by atoms with E-state index in [1.54, 1.807) is 34.9 Å². The second kappa shape index (κ2) is 10.8. The van der Waals surface area contributed by atoms with Gasteiger partial charge in [0, 0.05) is 25.2 Å². The van der Waals surface area contributed by atoms with Crippen LogP contribution in [0, 0.1) is 0 Å². The lowest BCUT2D eigenvalue weighted by Gasteiger charge is -2.19. The van der Waals surface area contributed by atoms with Gasteiger partial charge in [-0.05, 0) is 54.7 Å². The molecule has 0 aromatic heterocycles. The largest absolute Gasteiger partial charge is 0.351 e. The molecule has 0 bridgehead atoms. The molecule has 1 aliphatic heterocycles. The van der Waals surface area contributed by atoms with Crippen LogP contribution in [0.3, 0.4) is 0 Å². The van der Waals surface area contributed by atoms with Crippen molar-refractivity contribution in [2.45, 2.75) is 36.7 Å². The van der Waals surface area contributed by atoms with E-state index in [2.05, 4.69) is 10.0 Å². The van der Waals surface area contributed by atoms with Crippen molar-refractivity contribution in [3.05, 3.63) is 60.2 Å². The number of carbonyl (C=O) groups excluding carboxylic acids is 2. The molecule has 2 amide bonds. The van der Waals surface area contributed by atoms with Gasteiger partial charge < -0.3 is 10.2 Å². The highest BCUT2D eigenvalue weighted by atomic mass is 32.2. The normalized spacial score (nSPS) is 15.1. The standard InChI is InChI=1S/C22H27N3O4S2/c1-30-14-12-20(24-31(28,29)19-9-3-2-4-10-19)22(27)23-16-17-7-5-8-18(15-17)25-13-6-11-21(25)26/h2-5,7-10,15,20,24H,6,11-14,16H2,1H3,(H,23,27). The number of carbonyl (C=O) groups is 2. The molecule has 0 saturated carbocycles. The van der Waals surface area contributed by atoms with Gasteiger partial charge in [0.2, 0.25) is 21.8 Å². The minimum absolute atomic E-state index is 0.105. The number of anilines is 1. The lowest BCUT2D eigenvalue weighted by atomic mass is 10.1. The quantitative estimate of drug-likeness (QED) is 0.567. The second-order valence-corrected chi connectivity index (χ2v) is 10.0. The molecule has 3 rings (SSSR count). The van der Waals surface area contributed by atoms with Gasteiger partial charge in [-0.2, -0.15) is 16.5 Å². The first kappa shape index (κ1) is 23.3. The molecule has 1 aliphatic rings. The zero-order valence-electron chi connectivity index (χ0n) is 17.4. The Labute approximate surface area is 187 Å². The van der Waals surface area contributed by atoms with Crippen LogP contribution in [0.4, 0.5) is 5.69 Å². The van der Waals surface area contributed by atoms with E-state index in [0.29, 0.717) is 25.1 Å². The summed E-state index contributed by atoms with van der Waals surface area (Å²) in [6.45, 7) is 0.949. The van der Waals surface area contributed by atoms with Crippen LogP contribution in [0.15, 0.2) is 59.5 Å². The predicted molar refractivity (Wildman–Crippen MR) is 123 cm³/mol. The van der Waals surface area contributed by atoms with Crippen molar-refractivity contribution in [2.75, 3.05) is 23.5 Å². The summed E-state index contributed by atoms with van der Waals surface area (Å²) in [5.41, 5.74) is 1.66. The average Bonchev–Trinajstić information content (AvgIpc) is 3.21. The van der Waals surface area contributed by atoms with E-state index in [1.165, 1.54) is 12.1 Å². The number of rotatable bonds is 10. The van der Waals surface area contributed by atoms with Crippen LogP contribution in [0.5, 0.6) is 0 Å². The van der Waals surface area contributed by atoms with Crippen LogP contribution in [0.25, 0.3) is 0 Å². The van der Waals surface area contributed by atoms with Gasteiger partial charge in [0.05, 0.1) is 4.90 Å². The van der Waals surface area contributed by atoms with Gasteiger partial charge in [-0.15, -0.1) is 0 Å². The van der Waals surface area contributed by atoms with Crippen molar-refractivity contribution in [2.24, 2.45) is 0 Å². The Morgan fingerprint density at radius 2 is 1.94 bits per heavy atom. The van der Waals surface area contributed by atoms with E-state index >= 15 is 0 Å². The third-order valence-electron chi connectivity index (χ3n) is 5.04. The van der Waals surface area contributed by atoms with Gasteiger partial charge >= 0.3 is 0 Å². The summed E-state index contributed by atoms with van der Waals surface area (Å²) in [5, 5.41) is 2.83. The summed E-state index contributed by atoms with van der Waals surface area (Å²) in [6, 6.07) is 14.6. The van der Waals surface area contributed by atoms with E-state index in [1.807, 2.05) is 30.5 Å². The monoisotopic (exact) mass is 461 g/mol. The number of sulfonamides is 1. The first-order chi connectivity index (χ1) is 14.9. The molecule has 7 nitrogen and oxygen atoms in total. The average molecular weight is 462 g/mol. The smallest absolute Gasteiger partial charge is 0.241 e. The van der Waals surface area contributed by atoms with E-state index in [-0.39, 0.29) is 23.3 Å². The Balaban J connectivity index is 1.66. The molecule has 2 aromatic rings. The van der Waals surface area contributed by atoms with Gasteiger partial charge in [-0.25, -0.2) is 8.42 Å². The molecule has 1 heterocycles. The fraction of sp³-hybridized carbons (Fsp3) is 0.364. The zero-order valence-corrected chi connectivity index (χ0v) is 19.0. The third-order valence-corrected chi connectivity index (χ3v) is 7.17. The summed E-state index contributed by atoms with van der Waals surface area (Å²) in [7, 11) is -3.81. The highest BCUT2D eigenvalue weighted by molar-refractivity contribution is 7.98. The van der Waals surface area contributed by atoms with E-state index in [0.717, 1.165) is 17.7 Å². The molecule has 0 spiro atoms. The minimum Gasteiger partial charge on any atom is -0.351 e. The maximum absolute atomic E-state index is 12.8. The van der Waals surface area contributed by atoms with Crippen molar-refractivity contribution < 1.29 is 18.0 Å².